The zero-order valence-electron chi connectivity index (χ0n) is 18.9. The molecule has 2 heterocycles. The number of hydrogen-bond donors (Lipinski definition) is 2. The molecule has 0 radical (unpaired) electrons. The number of aryl methyl sites for hydroxylation is 1. The highest BCUT2D eigenvalue weighted by Gasteiger charge is 2.22. The van der Waals surface area contributed by atoms with E-state index in [9.17, 15) is 18.0 Å². The fourth-order valence-corrected chi connectivity index (χ4v) is 5.90. The van der Waals surface area contributed by atoms with Crippen LogP contribution in [0.2, 0.25) is 0 Å². The van der Waals surface area contributed by atoms with Crippen LogP contribution in [0, 0.1) is 6.92 Å². The summed E-state index contributed by atoms with van der Waals surface area (Å²) >= 11 is 1.32. The lowest BCUT2D eigenvalue weighted by Crippen LogP contribution is -2.30. The predicted octanol–water partition coefficient (Wildman–Crippen LogP) is 3.73. The monoisotopic (exact) mass is 500 g/mol. The van der Waals surface area contributed by atoms with Gasteiger partial charge in [-0.3, -0.25) is 14.9 Å². The number of benzene rings is 2. The van der Waals surface area contributed by atoms with Gasteiger partial charge < -0.3 is 10.1 Å². The third-order valence-corrected chi connectivity index (χ3v) is 8.31. The molecule has 0 fully saturated rings. The number of ether oxygens (including phenoxy) is 1. The van der Waals surface area contributed by atoms with E-state index < -0.39 is 15.9 Å². The van der Waals surface area contributed by atoms with E-state index in [2.05, 4.69) is 15.6 Å². The Morgan fingerprint density at radius 3 is 2.56 bits per heavy atom. The van der Waals surface area contributed by atoms with Crippen LogP contribution in [0.3, 0.4) is 0 Å². The third kappa shape index (κ3) is 4.67. The van der Waals surface area contributed by atoms with E-state index in [1.807, 2.05) is 13.0 Å². The third-order valence-electron chi connectivity index (χ3n) is 5.36. The summed E-state index contributed by atoms with van der Waals surface area (Å²) < 4.78 is 32.0. The maximum absolute atomic E-state index is 12.7. The lowest BCUT2D eigenvalue weighted by molar-refractivity contribution is -0.118. The van der Waals surface area contributed by atoms with Crippen LogP contribution in [0.1, 0.15) is 29.1 Å². The first-order valence-electron chi connectivity index (χ1n) is 10.7. The second kappa shape index (κ2) is 9.53. The van der Waals surface area contributed by atoms with E-state index >= 15 is 0 Å². The molecule has 34 heavy (non-hydrogen) atoms. The molecule has 0 saturated heterocycles. The Hall–Kier alpha value is -3.28. The number of hydrogen-bond acceptors (Lipinski definition) is 7. The Bertz CT molecular complexity index is 1350. The molecule has 0 bridgehead atoms. The van der Waals surface area contributed by atoms with E-state index in [0.29, 0.717) is 40.9 Å². The summed E-state index contributed by atoms with van der Waals surface area (Å²) in [6, 6.07) is 11.2. The van der Waals surface area contributed by atoms with Crippen molar-refractivity contribution in [2.24, 2.45) is 0 Å². The lowest BCUT2D eigenvalue weighted by atomic mass is 10.1. The van der Waals surface area contributed by atoms with Crippen molar-refractivity contribution in [2.75, 3.05) is 30.3 Å². The average Bonchev–Trinajstić information content (AvgIpc) is 3.19. The SMILES string of the molecule is CCN(CC)S(=O)(=O)c1ccc(C(=O)Nc2nc(-c3ccc4c(c3)NC(=O)CO4)c(C)s2)cc1. The van der Waals surface area contributed by atoms with Gasteiger partial charge >= 0.3 is 0 Å². The summed E-state index contributed by atoms with van der Waals surface area (Å²) in [4.78, 5) is 29.9. The van der Waals surface area contributed by atoms with Crippen molar-refractivity contribution < 1.29 is 22.7 Å². The minimum absolute atomic E-state index is 0.0133. The molecule has 178 valence electrons. The molecule has 4 rings (SSSR count). The molecule has 1 aliphatic rings. The fourth-order valence-electron chi connectivity index (χ4n) is 3.61. The number of aromatic nitrogens is 1. The molecule has 0 saturated carbocycles. The lowest BCUT2D eigenvalue weighted by Gasteiger charge is -2.18. The van der Waals surface area contributed by atoms with Crippen LogP contribution in [0.5, 0.6) is 5.75 Å². The minimum atomic E-state index is -3.59. The van der Waals surface area contributed by atoms with Crippen LogP contribution in [-0.4, -0.2) is 49.2 Å². The van der Waals surface area contributed by atoms with Crippen molar-refractivity contribution in [3.63, 3.8) is 0 Å². The number of fused-ring (bicyclic) bond motifs is 1. The molecule has 2 amide bonds. The zero-order valence-corrected chi connectivity index (χ0v) is 20.5. The average molecular weight is 501 g/mol. The number of nitrogens with one attached hydrogen (secondary N) is 2. The summed E-state index contributed by atoms with van der Waals surface area (Å²) in [5, 5.41) is 5.96. The topological polar surface area (TPSA) is 118 Å². The maximum Gasteiger partial charge on any atom is 0.262 e. The van der Waals surface area contributed by atoms with Gasteiger partial charge in [0.15, 0.2) is 11.7 Å². The molecule has 3 aromatic rings. The smallest absolute Gasteiger partial charge is 0.262 e. The maximum atomic E-state index is 12.7. The number of amides is 2. The van der Waals surface area contributed by atoms with Crippen LogP contribution in [-0.2, 0) is 14.8 Å². The summed E-state index contributed by atoms with van der Waals surface area (Å²) in [5.41, 5.74) is 2.36. The van der Waals surface area contributed by atoms with E-state index in [4.69, 9.17) is 4.74 Å². The molecule has 0 atom stereocenters. The number of carbonyl (C=O) groups is 2. The summed E-state index contributed by atoms with van der Waals surface area (Å²) in [6.07, 6.45) is 0. The zero-order chi connectivity index (χ0) is 24.5. The van der Waals surface area contributed by atoms with Gasteiger partial charge in [-0.2, -0.15) is 4.31 Å². The minimum Gasteiger partial charge on any atom is -0.482 e. The summed E-state index contributed by atoms with van der Waals surface area (Å²) in [6.45, 7) is 6.18. The highest BCUT2D eigenvalue weighted by Crippen LogP contribution is 2.36. The first kappa shape index (κ1) is 23.9. The van der Waals surface area contributed by atoms with Crippen molar-refractivity contribution in [2.45, 2.75) is 25.7 Å². The molecule has 0 spiro atoms. The number of rotatable bonds is 7. The van der Waals surface area contributed by atoms with Crippen molar-refractivity contribution in [1.29, 1.82) is 0 Å². The fraction of sp³-hybridized carbons (Fsp3) is 0.261. The van der Waals surface area contributed by atoms with Gasteiger partial charge in [-0.1, -0.05) is 13.8 Å². The molecule has 1 aliphatic heterocycles. The van der Waals surface area contributed by atoms with Crippen LogP contribution in [0.15, 0.2) is 47.4 Å². The number of sulfonamides is 1. The summed E-state index contributed by atoms with van der Waals surface area (Å²) in [7, 11) is -3.59. The molecule has 9 nitrogen and oxygen atoms in total. The number of nitrogens with zero attached hydrogens (tertiary/aromatic N) is 2. The Morgan fingerprint density at radius 2 is 1.88 bits per heavy atom. The van der Waals surface area contributed by atoms with Gasteiger partial charge in [0.1, 0.15) is 5.75 Å². The Morgan fingerprint density at radius 1 is 1.18 bits per heavy atom. The van der Waals surface area contributed by atoms with Crippen LogP contribution >= 0.6 is 11.3 Å². The molecule has 2 N–H and O–H groups in total. The Balaban J connectivity index is 1.51. The van der Waals surface area contributed by atoms with E-state index in [-0.39, 0.29) is 17.4 Å². The van der Waals surface area contributed by atoms with Crippen LogP contribution in [0.25, 0.3) is 11.3 Å². The highest BCUT2D eigenvalue weighted by molar-refractivity contribution is 7.89. The predicted molar refractivity (Wildman–Crippen MR) is 131 cm³/mol. The van der Waals surface area contributed by atoms with Crippen LogP contribution in [0.4, 0.5) is 10.8 Å². The van der Waals surface area contributed by atoms with Gasteiger partial charge in [0.2, 0.25) is 10.0 Å². The first-order valence-corrected chi connectivity index (χ1v) is 12.9. The van der Waals surface area contributed by atoms with Crippen LogP contribution < -0.4 is 15.4 Å². The van der Waals surface area contributed by atoms with Gasteiger partial charge in [0.25, 0.3) is 11.8 Å². The summed E-state index contributed by atoms with van der Waals surface area (Å²) in [5.74, 6) is -0.0158. The van der Waals surface area contributed by atoms with Gasteiger partial charge in [-0.25, -0.2) is 13.4 Å². The van der Waals surface area contributed by atoms with Gasteiger partial charge in [0, 0.05) is 29.1 Å². The normalized spacial score (nSPS) is 13.2. The molecule has 0 unspecified atom stereocenters. The Kier molecular flexibility index (Phi) is 6.69. The van der Waals surface area contributed by atoms with E-state index in [0.717, 1.165) is 10.4 Å². The number of carbonyl (C=O) groups excluding carboxylic acids is 2. The molecule has 2 aromatic carbocycles. The number of anilines is 2. The van der Waals surface area contributed by atoms with E-state index in [1.54, 1.807) is 26.0 Å². The Labute approximate surface area is 201 Å². The second-order valence-corrected chi connectivity index (χ2v) is 10.7. The van der Waals surface area contributed by atoms with Gasteiger partial charge in [0.05, 0.1) is 16.3 Å². The van der Waals surface area contributed by atoms with Crippen molar-refractivity contribution in [1.82, 2.24) is 9.29 Å². The van der Waals surface area contributed by atoms with Crippen molar-refractivity contribution in [3.05, 3.63) is 52.9 Å². The van der Waals surface area contributed by atoms with Gasteiger partial charge in [-0.15, -0.1) is 11.3 Å². The molecule has 11 heteroatoms. The first-order chi connectivity index (χ1) is 16.2. The molecular weight excluding hydrogens is 476 g/mol. The van der Waals surface area contributed by atoms with Crippen molar-refractivity contribution in [3.8, 4) is 17.0 Å². The number of thiazole rings is 1. The quantitative estimate of drug-likeness (QED) is 0.510. The van der Waals surface area contributed by atoms with Crippen molar-refractivity contribution >= 4 is 44.0 Å². The second-order valence-electron chi connectivity index (χ2n) is 7.54. The molecule has 0 aliphatic carbocycles. The van der Waals surface area contributed by atoms with E-state index in [1.165, 1.54) is 39.9 Å². The molecule has 1 aromatic heterocycles. The largest absolute Gasteiger partial charge is 0.482 e. The standard InChI is InChI=1S/C23H24N4O5S2/c1-4-27(5-2)34(30,31)17-9-6-15(7-10-17)22(29)26-23-25-21(14(3)33-23)16-8-11-19-18(12-16)24-20(28)13-32-19/h6-12H,4-5,13H2,1-3H3,(H,24,28)(H,25,26,29). The van der Waals surface area contributed by atoms with Gasteiger partial charge in [-0.05, 0) is 49.4 Å². The highest BCUT2D eigenvalue weighted by atomic mass is 32.2. The molecular formula is C23H24N4O5S2.